The van der Waals surface area contributed by atoms with Gasteiger partial charge in [0, 0.05) is 4.90 Å². The Labute approximate surface area is 124 Å². The molecule has 0 aliphatic heterocycles. The van der Waals surface area contributed by atoms with Crippen molar-refractivity contribution in [2.45, 2.75) is 17.9 Å². The molecule has 1 N–H and O–H groups in total. The number of allylic oxidation sites excluding steroid dienone is 3. The molecule has 0 spiro atoms. The molecule has 0 heterocycles. The van der Waals surface area contributed by atoms with Crippen molar-refractivity contribution in [3.63, 3.8) is 0 Å². The van der Waals surface area contributed by atoms with Gasteiger partial charge in [-0.1, -0.05) is 49.1 Å². The fraction of sp³-hybridized carbons (Fsp3) is 0.188. The second-order valence-electron chi connectivity index (χ2n) is 3.87. The largest absolute Gasteiger partial charge is 0.468 e. The summed E-state index contributed by atoms with van der Waals surface area (Å²) in [6.45, 7) is 5.51. The number of benzene rings is 1. The summed E-state index contributed by atoms with van der Waals surface area (Å²) in [6.07, 6.45) is 7.18. The fourth-order valence-electron chi connectivity index (χ4n) is 1.52. The zero-order valence-corrected chi connectivity index (χ0v) is 12.5. The van der Waals surface area contributed by atoms with Crippen molar-refractivity contribution in [3.05, 3.63) is 66.8 Å². The summed E-state index contributed by atoms with van der Waals surface area (Å²) >= 11 is 1.40. The molecular weight excluding hydrogens is 270 g/mol. The van der Waals surface area contributed by atoms with Crippen LogP contribution in [-0.4, -0.2) is 19.1 Å². The highest BCUT2D eigenvalue weighted by atomic mass is 32.2. The Balaban J connectivity index is 2.81. The minimum Gasteiger partial charge on any atom is -0.468 e. The Morgan fingerprint density at radius 1 is 1.40 bits per heavy atom. The Bertz CT molecular complexity index is 494. The highest BCUT2D eigenvalue weighted by molar-refractivity contribution is 7.97. The maximum Gasteiger partial charge on any atom is 0.328 e. The molecule has 3 nitrogen and oxygen atoms in total. The van der Waals surface area contributed by atoms with Gasteiger partial charge in [0.1, 0.15) is 6.04 Å². The van der Waals surface area contributed by atoms with Gasteiger partial charge in [0.25, 0.3) is 0 Å². The van der Waals surface area contributed by atoms with E-state index < -0.39 is 6.04 Å². The topological polar surface area (TPSA) is 38.3 Å². The van der Waals surface area contributed by atoms with Crippen LogP contribution in [0.15, 0.2) is 71.7 Å². The Morgan fingerprint density at radius 2 is 2.10 bits per heavy atom. The second kappa shape index (κ2) is 9.18. The minimum atomic E-state index is -0.522. The van der Waals surface area contributed by atoms with E-state index in [1.54, 1.807) is 12.2 Å². The molecule has 4 heteroatoms. The Kier molecular flexibility index (Phi) is 7.47. The van der Waals surface area contributed by atoms with Gasteiger partial charge in [0.2, 0.25) is 0 Å². The first-order chi connectivity index (χ1) is 9.72. The van der Waals surface area contributed by atoms with Gasteiger partial charge in [-0.2, -0.15) is 0 Å². The van der Waals surface area contributed by atoms with E-state index in [0.717, 1.165) is 10.5 Å². The molecule has 0 aromatic heterocycles. The Morgan fingerprint density at radius 3 is 2.65 bits per heavy atom. The maximum atomic E-state index is 11.9. The molecule has 0 saturated carbocycles. The molecule has 0 fully saturated rings. The van der Waals surface area contributed by atoms with E-state index in [-0.39, 0.29) is 5.97 Å². The van der Waals surface area contributed by atoms with Crippen LogP contribution < -0.4 is 4.72 Å². The first-order valence-corrected chi connectivity index (χ1v) is 7.05. The van der Waals surface area contributed by atoms with E-state index >= 15 is 0 Å². The highest BCUT2D eigenvalue weighted by Crippen LogP contribution is 2.17. The van der Waals surface area contributed by atoms with Crippen LogP contribution in [0.1, 0.15) is 6.92 Å². The minimum absolute atomic E-state index is 0.324. The third kappa shape index (κ3) is 5.07. The van der Waals surface area contributed by atoms with E-state index in [1.807, 2.05) is 49.4 Å². The molecular formula is C16H19NO2S. The van der Waals surface area contributed by atoms with Crippen molar-refractivity contribution in [1.29, 1.82) is 0 Å². The van der Waals surface area contributed by atoms with Crippen molar-refractivity contribution in [2.24, 2.45) is 0 Å². The predicted molar refractivity (Wildman–Crippen MR) is 84.3 cm³/mol. The number of ether oxygens (including phenoxy) is 1. The summed E-state index contributed by atoms with van der Waals surface area (Å²) in [7, 11) is 1.38. The van der Waals surface area contributed by atoms with Crippen molar-refractivity contribution >= 4 is 17.9 Å². The lowest BCUT2D eigenvalue weighted by atomic mass is 10.1. The third-order valence-corrected chi connectivity index (χ3v) is 3.43. The zero-order chi connectivity index (χ0) is 14.8. The van der Waals surface area contributed by atoms with Gasteiger partial charge < -0.3 is 4.74 Å². The van der Waals surface area contributed by atoms with E-state index in [2.05, 4.69) is 11.3 Å². The second-order valence-corrected chi connectivity index (χ2v) is 4.78. The number of hydrogen-bond donors (Lipinski definition) is 1. The number of rotatable bonds is 7. The predicted octanol–water partition coefficient (Wildman–Crippen LogP) is 3.51. The molecule has 0 radical (unpaired) electrons. The standard InChI is InChI=1S/C16H19NO2S/c1-4-6-10-13(5-2)15(16(18)19-3)17-20-14-11-8-7-9-12-14/h4-12,15,17H,1H2,2-3H3/b10-6-,13-5+. The summed E-state index contributed by atoms with van der Waals surface area (Å²) in [5.41, 5.74) is 0.834. The molecule has 1 rings (SSSR count). The average Bonchev–Trinajstić information content (AvgIpc) is 2.50. The SMILES string of the molecule is C=C/C=C\C(=C/C)C(NSc1ccccc1)C(=O)OC. The fourth-order valence-corrected chi connectivity index (χ4v) is 2.30. The quantitative estimate of drug-likeness (QED) is 0.473. The van der Waals surface area contributed by atoms with E-state index in [0.29, 0.717) is 0 Å². The maximum absolute atomic E-state index is 11.9. The number of carbonyl (C=O) groups is 1. The molecule has 1 unspecified atom stereocenters. The van der Waals surface area contributed by atoms with Crippen LogP contribution in [-0.2, 0) is 9.53 Å². The first kappa shape index (κ1) is 16.3. The lowest BCUT2D eigenvalue weighted by molar-refractivity contribution is -0.141. The van der Waals surface area contributed by atoms with E-state index in [1.165, 1.54) is 19.1 Å². The van der Waals surface area contributed by atoms with Crippen LogP contribution in [0.4, 0.5) is 0 Å². The van der Waals surface area contributed by atoms with Gasteiger partial charge in [-0.15, -0.1) is 0 Å². The highest BCUT2D eigenvalue weighted by Gasteiger charge is 2.21. The number of methoxy groups -OCH3 is 1. The third-order valence-electron chi connectivity index (χ3n) is 2.57. The zero-order valence-electron chi connectivity index (χ0n) is 11.7. The van der Waals surface area contributed by atoms with Gasteiger partial charge in [0.05, 0.1) is 7.11 Å². The summed E-state index contributed by atoms with van der Waals surface area (Å²) in [6, 6.07) is 9.27. The van der Waals surface area contributed by atoms with Crippen LogP contribution in [0, 0.1) is 0 Å². The molecule has 1 aromatic carbocycles. The average molecular weight is 289 g/mol. The van der Waals surface area contributed by atoms with Crippen LogP contribution in [0.5, 0.6) is 0 Å². The number of nitrogens with one attached hydrogen (secondary N) is 1. The van der Waals surface area contributed by atoms with Gasteiger partial charge in [-0.25, -0.2) is 9.52 Å². The smallest absolute Gasteiger partial charge is 0.328 e. The summed E-state index contributed by atoms with van der Waals surface area (Å²) in [5.74, 6) is -0.324. The molecule has 0 aliphatic rings. The Hall–Kier alpha value is -1.78. The van der Waals surface area contributed by atoms with Gasteiger partial charge in [-0.05, 0) is 36.6 Å². The first-order valence-electron chi connectivity index (χ1n) is 6.23. The van der Waals surface area contributed by atoms with E-state index in [4.69, 9.17) is 4.74 Å². The molecule has 0 saturated heterocycles. The molecule has 20 heavy (non-hydrogen) atoms. The molecule has 106 valence electrons. The molecule has 1 atom stereocenters. The van der Waals surface area contributed by atoms with Crippen LogP contribution in [0.25, 0.3) is 0 Å². The molecule has 0 bridgehead atoms. The summed E-state index contributed by atoms with van der Waals surface area (Å²) in [4.78, 5) is 12.9. The van der Waals surface area contributed by atoms with Crippen molar-refractivity contribution < 1.29 is 9.53 Å². The van der Waals surface area contributed by atoms with Gasteiger partial charge in [0.15, 0.2) is 0 Å². The van der Waals surface area contributed by atoms with Gasteiger partial charge in [-0.3, -0.25) is 0 Å². The monoisotopic (exact) mass is 289 g/mol. The summed E-state index contributed by atoms with van der Waals surface area (Å²) in [5, 5.41) is 0. The van der Waals surface area contributed by atoms with Crippen LogP contribution >= 0.6 is 11.9 Å². The molecule has 1 aromatic rings. The van der Waals surface area contributed by atoms with Gasteiger partial charge >= 0.3 is 5.97 Å². The van der Waals surface area contributed by atoms with Crippen LogP contribution in [0.3, 0.4) is 0 Å². The van der Waals surface area contributed by atoms with E-state index in [9.17, 15) is 4.79 Å². The van der Waals surface area contributed by atoms with Crippen LogP contribution in [0.2, 0.25) is 0 Å². The number of hydrogen-bond acceptors (Lipinski definition) is 4. The van der Waals surface area contributed by atoms with Crippen molar-refractivity contribution in [1.82, 2.24) is 4.72 Å². The molecule has 0 aliphatic carbocycles. The van der Waals surface area contributed by atoms with Crippen molar-refractivity contribution in [2.75, 3.05) is 7.11 Å². The lowest BCUT2D eigenvalue weighted by Gasteiger charge is -2.17. The number of esters is 1. The number of carbonyl (C=O) groups excluding carboxylic acids is 1. The molecule has 0 amide bonds. The summed E-state index contributed by atoms with van der Waals surface area (Å²) < 4.78 is 7.98. The van der Waals surface area contributed by atoms with Crippen molar-refractivity contribution in [3.8, 4) is 0 Å². The lowest BCUT2D eigenvalue weighted by Crippen LogP contribution is -2.34. The normalized spacial score (nSPS) is 13.2.